The SMILES string of the molecule is Cc1cc(-c2cnc3[nH]cc(-c4ccc(C(=O)N(C)CCN(C)C)cc4)c3c2)cc(C)c1N1CCN(C2CCN(C)CC2)CC1. The average molecular weight is 608 g/mol. The van der Waals surface area contributed by atoms with Gasteiger partial charge in [-0.2, -0.15) is 0 Å². The van der Waals surface area contributed by atoms with Crippen LogP contribution in [0.15, 0.2) is 54.9 Å². The summed E-state index contributed by atoms with van der Waals surface area (Å²) in [6.45, 7) is 12.9. The number of anilines is 1. The van der Waals surface area contributed by atoms with Gasteiger partial charge in [-0.1, -0.05) is 12.1 Å². The van der Waals surface area contributed by atoms with E-state index in [4.69, 9.17) is 4.98 Å². The van der Waals surface area contributed by atoms with E-state index in [9.17, 15) is 4.79 Å². The summed E-state index contributed by atoms with van der Waals surface area (Å²) >= 11 is 0. The van der Waals surface area contributed by atoms with E-state index < -0.39 is 0 Å². The Hall–Kier alpha value is -3.72. The lowest BCUT2D eigenvalue weighted by Gasteiger charge is -2.43. The molecule has 0 atom stereocenters. The molecule has 0 radical (unpaired) electrons. The number of aryl methyl sites for hydroxylation is 2. The highest BCUT2D eigenvalue weighted by Gasteiger charge is 2.27. The number of H-pyrrole nitrogens is 1. The molecule has 0 spiro atoms. The largest absolute Gasteiger partial charge is 0.369 e. The highest BCUT2D eigenvalue weighted by molar-refractivity contribution is 5.98. The van der Waals surface area contributed by atoms with Crippen LogP contribution in [-0.2, 0) is 0 Å². The van der Waals surface area contributed by atoms with Crippen molar-refractivity contribution in [2.45, 2.75) is 32.7 Å². The van der Waals surface area contributed by atoms with E-state index in [1.807, 2.05) is 57.8 Å². The quantitative estimate of drug-likeness (QED) is 0.291. The molecule has 2 aromatic heterocycles. The van der Waals surface area contributed by atoms with E-state index in [0.29, 0.717) is 12.1 Å². The Bertz CT molecular complexity index is 1600. The second kappa shape index (κ2) is 13.3. The van der Waals surface area contributed by atoms with Crippen LogP contribution < -0.4 is 4.90 Å². The second-order valence-electron chi connectivity index (χ2n) is 13.4. The Morgan fingerprint density at radius 1 is 0.867 bits per heavy atom. The van der Waals surface area contributed by atoms with Crippen molar-refractivity contribution >= 4 is 22.6 Å². The van der Waals surface area contributed by atoms with E-state index >= 15 is 0 Å². The van der Waals surface area contributed by atoms with Crippen LogP contribution in [0.25, 0.3) is 33.3 Å². The first-order valence-corrected chi connectivity index (χ1v) is 16.4. The molecule has 45 heavy (non-hydrogen) atoms. The molecule has 8 nitrogen and oxygen atoms in total. The maximum absolute atomic E-state index is 12.9. The Labute approximate surface area is 268 Å². The van der Waals surface area contributed by atoms with E-state index in [0.717, 1.165) is 66.5 Å². The predicted octanol–water partition coefficient (Wildman–Crippen LogP) is 5.36. The van der Waals surface area contributed by atoms with Crippen molar-refractivity contribution in [2.24, 2.45) is 0 Å². The van der Waals surface area contributed by atoms with Gasteiger partial charge in [-0.25, -0.2) is 4.98 Å². The summed E-state index contributed by atoms with van der Waals surface area (Å²) in [5, 5.41) is 1.08. The summed E-state index contributed by atoms with van der Waals surface area (Å²) in [5.74, 6) is 0.0413. The highest BCUT2D eigenvalue weighted by Crippen LogP contribution is 2.35. The number of carbonyl (C=O) groups is 1. The number of pyridine rings is 1. The number of hydrogen-bond acceptors (Lipinski definition) is 6. The molecular weight excluding hydrogens is 558 g/mol. The Balaban J connectivity index is 1.18. The number of piperidine rings is 1. The molecule has 4 aromatic rings. The number of aromatic nitrogens is 2. The number of likely N-dealkylation sites (N-methyl/N-ethyl adjacent to an activating group) is 2. The summed E-state index contributed by atoms with van der Waals surface area (Å²) < 4.78 is 0. The van der Waals surface area contributed by atoms with Gasteiger partial charge in [0.15, 0.2) is 0 Å². The topological polar surface area (TPSA) is 62.0 Å². The van der Waals surface area contributed by atoms with Gasteiger partial charge in [-0.05, 0) is 114 Å². The summed E-state index contributed by atoms with van der Waals surface area (Å²) in [5.41, 5.74) is 10.1. The minimum absolute atomic E-state index is 0.0413. The van der Waals surface area contributed by atoms with Crippen molar-refractivity contribution in [2.75, 3.05) is 85.4 Å². The van der Waals surface area contributed by atoms with Crippen LogP contribution in [0.5, 0.6) is 0 Å². The highest BCUT2D eigenvalue weighted by atomic mass is 16.2. The number of aromatic amines is 1. The van der Waals surface area contributed by atoms with Gasteiger partial charge in [0.25, 0.3) is 5.91 Å². The molecule has 2 aromatic carbocycles. The summed E-state index contributed by atoms with van der Waals surface area (Å²) in [6, 6.07) is 15.6. The number of benzene rings is 2. The average Bonchev–Trinajstić information content (AvgIpc) is 3.47. The van der Waals surface area contributed by atoms with Gasteiger partial charge in [0.1, 0.15) is 5.65 Å². The lowest BCUT2D eigenvalue weighted by Crippen LogP contribution is -2.53. The van der Waals surface area contributed by atoms with Crippen LogP contribution in [0.4, 0.5) is 5.69 Å². The zero-order chi connectivity index (χ0) is 31.7. The number of nitrogens with zero attached hydrogens (tertiary/aromatic N) is 6. The summed E-state index contributed by atoms with van der Waals surface area (Å²) in [4.78, 5) is 32.7. The molecule has 4 heterocycles. The summed E-state index contributed by atoms with van der Waals surface area (Å²) in [7, 11) is 8.14. The molecule has 2 saturated heterocycles. The van der Waals surface area contributed by atoms with Gasteiger partial charge in [-0.3, -0.25) is 9.69 Å². The fourth-order valence-electron chi connectivity index (χ4n) is 7.16. The normalized spacial score (nSPS) is 17.0. The molecule has 6 rings (SSSR count). The van der Waals surface area contributed by atoms with Gasteiger partial charge in [0.2, 0.25) is 0 Å². The van der Waals surface area contributed by atoms with Crippen molar-refractivity contribution < 1.29 is 4.79 Å². The minimum Gasteiger partial charge on any atom is -0.369 e. The number of likely N-dealkylation sites (tertiary alicyclic amines) is 1. The molecule has 0 saturated carbocycles. The van der Waals surface area contributed by atoms with Gasteiger partial charge >= 0.3 is 0 Å². The standard InChI is InChI=1S/C37H49N7O/c1-26-21-30(22-27(2)35(26)44-19-17-43(18-20-44)32-11-13-41(5)14-12-32)31-23-33-34(25-39-36(33)38-24-31)28-7-9-29(10-8-28)37(45)42(6)16-15-40(3)4/h7-10,21-25,32H,11-20H2,1-6H3,(H,38,39). The molecule has 238 valence electrons. The van der Waals surface area contributed by atoms with Crippen molar-refractivity contribution in [3.8, 4) is 22.3 Å². The van der Waals surface area contributed by atoms with Crippen LogP contribution in [0.2, 0.25) is 0 Å². The van der Waals surface area contributed by atoms with Crippen LogP contribution >= 0.6 is 0 Å². The van der Waals surface area contributed by atoms with E-state index in [1.54, 1.807) is 4.90 Å². The van der Waals surface area contributed by atoms with Crippen molar-refractivity contribution in [1.82, 2.24) is 29.6 Å². The maximum Gasteiger partial charge on any atom is 0.253 e. The number of nitrogens with one attached hydrogen (secondary N) is 1. The fraction of sp³-hybridized carbons (Fsp3) is 0.459. The molecule has 0 aliphatic carbocycles. The molecule has 2 fully saturated rings. The maximum atomic E-state index is 12.9. The molecule has 2 aliphatic heterocycles. The van der Waals surface area contributed by atoms with Crippen molar-refractivity contribution in [3.05, 3.63) is 71.5 Å². The first-order chi connectivity index (χ1) is 21.7. The Kier molecular flexibility index (Phi) is 9.26. The first-order valence-electron chi connectivity index (χ1n) is 16.4. The number of amides is 1. The zero-order valence-corrected chi connectivity index (χ0v) is 27.9. The number of carbonyl (C=O) groups excluding carboxylic acids is 1. The van der Waals surface area contributed by atoms with Gasteiger partial charge < -0.3 is 24.6 Å². The summed E-state index contributed by atoms with van der Waals surface area (Å²) in [6.07, 6.45) is 6.59. The fourth-order valence-corrected chi connectivity index (χ4v) is 7.16. The Morgan fingerprint density at radius 2 is 1.53 bits per heavy atom. The van der Waals surface area contributed by atoms with Gasteiger partial charge in [0, 0.05) is 92.5 Å². The van der Waals surface area contributed by atoms with Crippen molar-refractivity contribution in [1.29, 1.82) is 0 Å². The Morgan fingerprint density at radius 3 is 2.18 bits per heavy atom. The predicted molar refractivity (Wildman–Crippen MR) is 186 cm³/mol. The van der Waals surface area contributed by atoms with E-state index in [2.05, 4.69) is 63.7 Å². The molecule has 1 amide bonds. The third-order valence-electron chi connectivity index (χ3n) is 9.86. The number of hydrogen-bond donors (Lipinski definition) is 1. The molecular formula is C37H49N7O. The van der Waals surface area contributed by atoms with Gasteiger partial charge in [0.05, 0.1) is 0 Å². The first kappa shape index (κ1) is 31.3. The smallest absolute Gasteiger partial charge is 0.253 e. The molecule has 8 heteroatoms. The van der Waals surface area contributed by atoms with Crippen molar-refractivity contribution in [3.63, 3.8) is 0 Å². The van der Waals surface area contributed by atoms with Crippen LogP contribution in [0.1, 0.15) is 34.3 Å². The van der Waals surface area contributed by atoms with Crippen LogP contribution in [0, 0.1) is 13.8 Å². The zero-order valence-electron chi connectivity index (χ0n) is 27.9. The second-order valence-corrected chi connectivity index (χ2v) is 13.4. The molecule has 0 bridgehead atoms. The lowest BCUT2D eigenvalue weighted by atomic mass is 9.97. The monoisotopic (exact) mass is 607 g/mol. The number of fused-ring (bicyclic) bond motifs is 1. The van der Waals surface area contributed by atoms with E-state index in [1.165, 1.54) is 48.3 Å². The van der Waals surface area contributed by atoms with Gasteiger partial charge in [-0.15, -0.1) is 0 Å². The number of piperazine rings is 1. The van der Waals surface area contributed by atoms with Crippen LogP contribution in [0.3, 0.4) is 0 Å². The third kappa shape index (κ3) is 6.78. The lowest BCUT2D eigenvalue weighted by molar-refractivity contribution is 0.0786. The van der Waals surface area contributed by atoms with Crippen LogP contribution in [-0.4, -0.2) is 122 Å². The molecule has 2 aliphatic rings. The minimum atomic E-state index is 0.0413. The molecule has 1 N–H and O–H groups in total. The molecule has 0 unspecified atom stereocenters. The third-order valence-corrected chi connectivity index (χ3v) is 9.86. The number of rotatable bonds is 8. The van der Waals surface area contributed by atoms with E-state index in [-0.39, 0.29) is 5.91 Å².